The smallest absolute Gasteiger partial charge is 0.131 e. The molecule has 0 aliphatic rings. The summed E-state index contributed by atoms with van der Waals surface area (Å²) in [6.07, 6.45) is 2.78. The van der Waals surface area contributed by atoms with E-state index in [0.29, 0.717) is 5.56 Å². The lowest BCUT2D eigenvalue weighted by Crippen LogP contribution is -2.17. The highest BCUT2D eigenvalue weighted by atomic mass is 19.1. The monoisotopic (exact) mass is 289 g/mol. The van der Waals surface area contributed by atoms with Crippen molar-refractivity contribution >= 4 is 0 Å². The maximum absolute atomic E-state index is 14.2. The third-order valence-electron chi connectivity index (χ3n) is 3.83. The normalized spacial score (nSPS) is 12.6. The molecule has 0 aliphatic heterocycles. The summed E-state index contributed by atoms with van der Waals surface area (Å²) < 4.78 is 16.2. The molecule has 1 heterocycles. The van der Waals surface area contributed by atoms with Crippen LogP contribution in [0.5, 0.6) is 0 Å². The molecule has 0 bridgehead atoms. The first-order chi connectivity index (χ1) is 10.1. The zero-order chi connectivity index (χ0) is 15.4. The maximum atomic E-state index is 14.2. The Morgan fingerprint density at radius 3 is 2.71 bits per heavy atom. The van der Waals surface area contributed by atoms with E-state index < -0.39 is 0 Å². The van der Waals surface area contributed by atoms with Crippen molar-refractivity contribution in [3.8, 4) is 11.1 Å². The summed E-state index contributed by atoms with van der Waals surface area (Å²) in [5.41, 5.74) is 3.63. The Kier molecular flexibility index (Phi) is 5.12. The molecule has 0 amide bonds. The largest absolute Gasteiger partial charge is 0.310 e. The Labute approximate surface area is 126 Å². The van der Waals surface area contributed by atoms with Gasteiger partial charge in [0.1, 0.15) is 5.82 Å². The van der Waals surface area contributed by atoms with Crippen molar-refractivity contribution in [2.45, 2.75) is 46.7 Å². The van der Waals surface area contributed by atoms with Crippen molar-refractivity contribution in [2.24, 2.45) is 0 Å². The Balaban J connectivity index is 2.41. The van der Waals surface area contributed by atoms with E-state index in [2.05, 4.69) is 31.2 Å². The van der Waals surface area contributed by atoms with E-state index in [4.69, 9.17) is 0 Å². The van der Waals surface area contributed by atoms with E-state index in [9.17, 15) is 4.39 Å². The standard InChI is InChI=1S/C17H24FN3/c1-5-9-21-13(4)16(11-20-21)15-10-14(7-8-17(15)18)12(3)19-6-2/h7-8,10-12,19H,5-6,9H2,1-4H3. The molecule has 0 aliphatic carbocycles. The molecule has 0 saturated carbocycles. The number of hydrogen-bond acceptors (Lipinski definition) is 2. The molecular formula is C17H24FN3. The van der Waals surface area contributed by atoms with Crippen LogP contribution in [0.3, 0.4) is 0 Å². The van der Waals surface area contributed by atoms with Crippen LogP contribution in [0.2, 0.25) is 0 Å². The van der Waals surface area contributed by atoms with Crippen LogP contribution in [-0.2, 0) is 6.54 Å². The third-order valence-corrected chi connectivity index (χ3v) is 3.83. The van der Waals surface area contributed by atoms with Gasteiger partial charge in [-0.2, -0.15) is 5.10 Å². The number of aromatic nitrogens is 2. The van der Waals surface area contributed by atoms with Gasteiger partial charge < -0.3 is 5.32 Å². The van der Waals surface area contributed by atoms with E-state index in [1.165, 1.54) is 0 Å². The SMILES string of the molecule is CCCn1ncc(-c2cc(C(C)NCC)ccc2F)c1C. The molecule has 0 radical (unpaired) electrons. The predicted octanol–water partition coefficient (Wildman–Crippen LogP) is 4.08. The number of nitrogens with one attached hydrogen (secondary N) is 1. The van der Waals surface area contributed by atoms with Crippen LogP contribution < -0.4 is 5.32 Å². The molecule has 21 heavy (non-hydrogen) atoms. The van der Waals surface area contributed by atoms with Gasteiger partial charge in [-0.1, -0.05) is 19.9 Å². The molecule has 1 N–H and O–H groups in total. The number of benzene rings is 1. The van der Waals surface area contributed by atoms with Crippen molar-refractivity contribution in [3.63, 3.8) is 0 Å². The second-order valence-electron chi connectivity index (χ2n) is 5.39. The fraction of sp³-hybridized carbons (Fsp3) is 0.471. The number of nitrogens with zero attached hydrogens (tertiary/aromatic N) is 2. The van der Waals surface area contributed by atoms with Gasteiger partial charge in [0.05, 0.1) is 6.20 Å². The molecule has 0 spiro atoms. The zero-order valence-corrected chi connectivity index (χ0v) is 13.3. The molecule has 1 aromatic carbocycles. The van der Waals surface area contributed by atoms with E-state index >= 15 is 0 Å². The van der Waals surface area contributed by atoms with Crippen molar-refractivity contribution in [3.05, 3.63) is 41.5 Å². The fourth-order valence-electron chi connectivity index (χ4n) is 2.59. The van der Waals surface area contributed by atoms with E-state index in [-0.39, 0.29) is 11.9 Å². The molecule has 1 aromatic heterocycles. The first-order valence-corrected chi connectivity index (χ1v) is 7.64. The van der Waals surface area contributed by atoms with Crippen molar-refractivity contribution in [2.75, 3.05) is 6.54 Å². The second-order valence-corrected chi connectivity index (χ2v) is 5.39. The second kappa shape index (κ2) is 6.85. The summed E-state index contributed by atoms with van der Waals surface area (Å²) in [6.45, 7) is 10.0. The van der Waals surface area contributed by atoms with Crippen LogP contribution >= 0.6 is 0 Å². The number of rotatable bonds is 6. The summed E-state index contributed by atoms with van der Waals surface area (Å²) in [4.78, 5) is 0. The Bertz CT molecular complexity index is 604. The average molecular weight is 289 g/mol. The van der Waals surface area contributed by atoms with E-state index in [1.807, 2.05) is 23.7 Å². The molecule has 114 valence electrons. The first kappa shape index (κ1) is 15.7. The molecule has 4 heteroatoms. The highest BCUT2D eigenvalue weighted by Crippen LogP contribution is 2.28. The van der Waals surface area contributed by atoms with Crippen LogP contribution in [0.4, 0.5) is 4.39 Å². The highest BCUT2D eigenvalue weighted by molar-refractivity contribution is 5.66. The quantitative estimate of drug-likeness (QED) is 0.868. The molecule has 0 saturated heterocycles. The predicted molar refractivity (Wildman–Crippen MR) is 84.7 cm³/mol. The van der Waals surface area contributed by atoms with Gasteiger partial charge in [-0.05, 0) is 44.5 Å². The van der Waals surface area contributed by atoms with Crippen LogP contribution in [0, 0.1) is 12.7 Å². The summed E-state index contributed by atoms with van der Waals surface area (Å²) in [7, 11) is 0. The lowest BCUT2D eigenvalue weighted by atomic mass is 10.00. The zero-order valence-electron chi connectivity index (χ0n) is 13.3. The summed E-state index contributed by atoms with van der Waals surface area (Å²) >= 11 is 0. The van der Waals surface area contributed by atoms with Crippen LogP contribution in [0.15, 0.2) is 24.4 Å². The molecule has 1 atom stereocenters. The van der Waals surface area contributed by atoms with E-state index in [1.54, 1.807) is 12.3 Å². The number of halogens is 1. The van der Waals surface area contributed by atoms with Gasteiger partial charge in [0.15, 0.2) is 0 Å². The van der Waals surface area contributed by atoms with Gasteiger partial charge in [0.25, 0.3) is 0 Å². The summed E-state index contributed by atoms with van der Waals surface area (Å²) in [5, 5.41) is 7.72. The first-order valence-electron chi connectivity index (χ1n) is 7.64. The van der Waals surface area contributed by atoms with Crippen LogP contribution in [0.1, 0.15) is 44.5 Å². The summed E-state index contributed by atoms with van der Waals surface area (Å²) in [6, 6.07) is 5.54. The Morgan fingerprint density at radius 1 is 1.29 bits per heavy atom. The molecule has 2 aromatic rings. The number of hydrogen-bond donors (Lipinski definition) is 1. The van der Waals surface area contributed by atoms with Crippen molar-refractivity contribution in [1.29, 1.82) is 0 Å². The summed E-state index contributed by atoms with van der Waals surface area (Å²) in [5.74, 6) is -0.193. The van der Waals surface area contributed by atoms with Gasteiger partial charge in [-0.25, -0.2) is 4.39 Å². The minimum absolute atomic E-state index is 0.193. The molecule has 3 nitrogen and oxygen atoms in total. The molecule has 0 fully saturated rings. The van der Waals surface area contributed by atoms with Crippen molar-refractivity contribution in [1.82, 2.24) is 15.1 Å². The van der Waals surface area contributed by atoms with Gasteiger partial charge >= 0.3 is 0 Å². The third kappa shape index (κ3) is 3.32. The van der Waals surface area contributed by atoms with Gasteiger partial charge in [-0.15, -0.1) is 0 Å². The lowest BCUT2D eigenvalue weighted by molar-refractivity contribution is 0.586. The maximum Gasteiger partial charge on any atom is 0.131 e. The molecule has 2 rings (SSSR count). The number of aryl methyl sites for hydroxylation is 1. The Hall–Kier alpha value is -1.68. The Morgan fingerprint density at radius 2 is 2.05 bits per heavy atom. The van der Waals surface area contributed by atoms with Crippen molar-refractivity contribution < 1.29 is 4.39 Å². The van der Waals surface area contributed by atoms with Crippen LogP contribution in [0.25, 0.3) is 11.1 Å². The van der Waals surface area contributed by atoms with E-state index in [0.717, 1.165) is 36.3 Å². The molecular weight excluding hydrogens is 265 g/mol. The van der Waals surface area contributed by atoms with Crippen LogP contribution in [-0.4, -0.2) is 16.3 Å². The highest BCUT2D eigenvalue weighted by Gasteiger charge is 2.14. The fourth-order valence-corrected chi connectivity index (χ4v) is 2.59. The topological polar surface area (TPSA) is 29.9 Å². The van der Waals surface area contributed by atoms with Gasteiger partial charge in [0.2, 0.25) is 0 Å². The van der Waals surface area contributed by atoms with Gasteiger partial charge in [-0.3, -0.25) is 4.68 Å². The minimum Gasteiger partial charge on any atom is -0.310 e. The molecule has 1 unspecified atom stereocenters. The minimum atomic E-state index is -0.193. The van der Waals surface area contributed by atoms with Gasteiger partial charge in [0, 0.05) is 29.4 Å². The lowest BCUT2D eigenvalue weighted by Gasteiger charge is -2.14. The average Bonchev–Trinajstić information content (AvgIpc) is 2.82.